The highest BCUT2D eigenvalue weighted by molar-refractivity contribution is 5.98. The number of imide groups is 1. The number of esters is 1. The van der Waals surface area contributed by atoms with E-state index in [1.165, 1.54) is 6.92 Å². The van der Waals surface area contributed by atoms with E-state index in [0.717, 1.165) is 4.90 Å². The Morgan fingerprint density at radius 2 is 1.94 bits per heavy atom. The largest absolute Gasteiger partial charge is 0.441 e. The zero-order valence-corrected chi connectivity index (χ0v) is 10.8. The van der Waals surface area contributed by atoms with Crippen LogP contribution in [0.5, 0.6) is 0 Å². The van der Waals surface area contributed by atoms with Crippen LogP contribution in [0, 0.1) is 5.41 Å². The predicted molar refractivity (Wildman–Crippen MR) is 60.7 cm³/mol. The molecule has 1 aliphatic rings. The highest BCUT2D eigenvalue weighted by Crippen LogP contribution is 2.26. The molecule has 5 nitrogen and oxygen atoms in total. The van der Waals surface area contributed by atoms with Crippen molar-refractivity contribution < 1.29 is 19.1 Å². The summed E-state index contributed by atoms with van der Waals surface area (Å²) < 4.78 is 5.04. The Morgan fingerprint density at radius 3 is 2.41 bits per heavy atom. The van der Waals surface area contributed by atoms with E-state index in [9.17, 15) is 14.4 Å². The van der Waals surface area contributed by atoms with Crippen LogP contribution in [0.4, 0.5) is 0 Å². The molecule has 0 saturated carbocycles. The number of carbonyl (C=O) groups excluding carboxylic acids is 3. The fraction of sp³-hybridized carbons (Fsp3) is 0.750. The smallest absolute Gasteiger partial charge is 0.304 e. The minimum atomic E-state index is -0.736. The van der Waals surface area contributed by atoms with Crippen LogP contribution in [0.3, 0.4) is 0 Å². The van der Waals surface area contributed by atoms with E-state index in [4.69, 9.17) is 4.74 Å². The summed E-state index contributed by atoms with van der Waals surface area (Å²) in [6.45, 7) is 6.49. The van der Waals surface area contributed by atoms with Gasteiger partial charge in [0.2, 0.25) is 11.8 Å². The standard InChI is InChI=1S/C12H19NO4/c1-8(14)17-10-7-5-6-9(15)13(10)11(16)12(2,3)4/h10H,5-7H2,1-4H3. The van der Waals surface area contributed by atoms with E-state index in [0.29, 0.717) is 19.3 Å². The molecule has 1 aliphatic heterocycles. The van der Waals surface area contributed by atoms with Crippen molar-refractivity contribution in [3.8, 4) is 0 Å². The number of piperidine rings is 1. The maximum atomic E-state index is 12.1. The number of rotatable bonds is 1. The molecule has 0 aliphatic carbocycles. The van der Waals surface area contributed by atoms with Crippen LogP contribution >= 0.6 is 0 Å². The van der Waals surface area contributed by atoms with Gasteiger partial charge in [-0.3, -0.25) is 14.4 Å². The second kappa shape index (κ2) is 4.85. The number of hydrogen-bond donors (Lipinski definition) is 0. The molecule has 0 aromatic carbocycles. The van der Waals surface area contributed by atoms with Gasteiger partial charge in [0.1, 0.15) is 0 Å². The molecule has 17 heavy (non-hydrogen) atoms. The second-order valence-corrected chi connectivity index (χ2v) is 5.28. The lowest BCUT2D eigenvalue weighted by atomic mass is 9.93. The quantitative estimate of drug-likeness (QED) is 0.652. The first-order valence-electron chi connectivity index (χ1n) is 5.77. The molecule has 96 valence electrons. The number of carbonyl (C=O) groups is 3. The summed E-state index contributed by atoms with van der Waals surface area (Å²) in [5.74, 6) is -1.03. The SMILES string of the molecule is CC(=O)OC1CCCC(=O)N1C(=O)C(C)(C)C. The van der Waals surface area contributed by atoms with Gasteiger partial charge in [0.15, 0.2) is 6.23 Å². The van der Waals surface area contributed by atoms with Gasteiger partial charge in [-0.15, -0.1) is 0 Å². The van der Waals surface area contributed by atoms with Crippen molar-refractivity contribution in [1.29, 1.82) is 0 Å². The van der Waals surface area contributed by atoms with Crippen molar-refractivity contribution in [2.24, 2.45) is 5.41 Å². The maximum Gasteiger partial charge on any atom is 0.304 e. The van der Waals surface area contributed by atoms with Crippen LogP contribution in [0.25, 0.3) is 0 Å². The van der Waals surface area contributed by atoms with Crippen molar-refractivity contribution in [1.82, 2.24) is 4.90 Å². The molecule has 5 heteroatoms. The summed E-state index contributed by atoms with van der Waals surface area (Å²) in [7, 11) is 0. The summed E-state index contributed by atoms with van der Waals surface area (Å²) in [6.07, 6.45) is 0.762. The van der Waals surface area contributed by atoms with Crippen molar-refractivity contribution in [3.63, 3.8) is 0 Å². The maximum absolute atomic E-state index is 12.1. The number of amides is 2. The average molecular weight is 241 g/mol. The Balaban J connectivity index is 2.92. The van der Waals surface area contributed by atoms with Crippen LogP contribution in [0.15, 0.2) is 0 Å². The molecule has 0 aromatic rings. The zero-order valence-electron chi connectivity index (χ0n) is 10.8. The third-order valence-corrected chi connectivity index (χ3v) is 2.56. The third-order valence-electron chi connectivity index (χ3n) is 2.56. The highest BCUT2D eigenvalue weighted by atomic mass is 16.6. The summed E-state index contributed by atoms with van der Waals surface area (Å²) in [4.78, 5) is 36.0. The number of ether oxygens (including phenoxy) is 1. The first-order chi connectivity index (χ1) is 7.73. The molecule has 0 spiro atoms. The van der Waals surface area contributed by atoms with Crippen LogP contribution in [-0.4, -0.2) is 28.9 Å². The van der Waals surface area contributed by atoms with Gasteiger partial charge in [0.05, 0.1) is 0 Å². The summed E-state index contributed by atoms with van der Waals surface area (Å²) >= 11 is 0. The van der Waals surface area contributed by atoms with E-state index in [2.05, 4.69) is 0 Å². The van der Waals surface area contributed by atoms with E-state index in [1.807, 2.05) is 0 Å². The van der Waals surface area contributed by atoms with E-state index in [-0.39, 0.29) is 11.8 Å². The van der Waals surface area contributed by atoms with Gasteiger partial charge in [-0.25, -0.2) is 4.90 Å². The van der Waals surface area contributed by atoms with Crippen LogP contribution in [0.2, 0.25) is 0 Å². The highest BCUT2D eigenvalue weighted by Gasteiger charge is 2.39. The molecular weight excluding hydrogens is 222 g/mol. The van der Waals surface area contributed by atoms with Gasteiger partial charge in [-0.05, 0) is 6.42 Å². The molecule has 1 rings (SSSR count). The summed E-state index contributed by atoms with van der Waals surface area (Å²) in [5.41, 5.74) is -0.661. The van der Waals surface area contributed by atoms with E-state index in [1.54, 1.807) is 20.8 Å². The zero-order chi connectivity index (χ0) is 13.2. The monoisotopic (exact) mass is 241 g/mol. The van der Waals surface area contributed by atoms with Crippen LogP contribution < -0.4 is 0 Å². The van der Waals surface area contributed by atoms with E-state index < -0.39 is 17.6 Å². The van der Waals surface area contributed by atoms with Gasteiger partial charge in [0.25, 0.3) is 0 Å². The minimum absolute atomic E-state index is 0.262. The van der Waals surface area contributed by atoms with E-state index >= 15 is 0 Å². The topological polar surface area (TPSA) is 63.7 Å². The van der Waals surface area contributed by atoms with Crippen LogP contribution in [-0.2, 0) is 19.1 Å². The lowest BCUT2D eigenvalue weighted by Gasteiger charge is -2.36. The van der Waals surface area contributed by atoms with Gasteiger partial charge in [0, 0.05) is 25.2 Å². The Hall–Kier alpha value is -1.39. The first kappa shape index (κ1) is 13.7. The van der Waals surface area contributed by atoms with Crippen molar-refractivity contribution in [3.05, 3.63) is 0 Å². The number of likely N-dealkylation sites (tertiary alicyclic amines) is 1. The van der Waals surface area contributed by atoms with Gasteiger partial charge >= 0.3 is 5.97 Å². The van der Waals surface area contributed by atoms with Crippen molar-refractivity contribution in [2.75, 3.05) is 0 Å². The molecular formula is C12H19NO4. The van der Waals surface area contributed by atoms with Crippen molar-refractivity contribution in [2.45, 2.75) is 53.2 Å². The predicted octanol–water partition coefficient (Wildman–Crippen LogP) is 1.46. The molecule has 0 N–H and O–H groups in total. The molecule has 1 heterocycles. The molecule has 0 radical (unpaired) electrons. The lowest BCUT2D eigenvalue weighted by Crippen LogP contribution is -2.52. The minimum Gasteiger partial charge on any atom is -0.441 e. The fourth-order valence-corrected chi connectivity index (χ4v) is 1.75. The molecule has 1 saturated heterocycles. The molecule has 2 amide bonds. The normalized spacial score (nSPS) is 21.3. The Bertz CT molecular complexity index is 343. The number of nitrogens with zero attached hydrogens (tertiary/aromatic N) is 1. The van der Waals surface area contributed by atoms with Crippen LogP contribution in [0.1, 0.15) is 47.0 Å². The van der Waals surface area contributed by atoms with Gasteiger partial charge in [-0.2, -0.15) is 0 Å². The Morgan fingerprint density at radius 1 is 1.35 bits per heavy atom. The Labute approximate surface area is 101 Å². The lowest BCUT2D eigenvalue weighted by molar-refractivity contribution is -0.177. The second-order valence-electron chi connectivity index (χ2n) is 5.28. The fourth-order valence-electron chi connectivity index (χ4n) is 1.75. The molecule has 0 bridgehead atoms. The molecule has 1 fully saturated rings. The Kier molecular flexibility index (Phi) is 3.91. The molecule has 1 atom stereocenters. The third kappa shape index (κ3) is 3.28. The van der Waals surface area contributed by atoms with Crippen molar-refractivity contribution >= 4 is 17.8 Å². The van der Waals surface area contributed by atoms with Gasteiger partial charge < -0.3 is 4.74 Å². The summed E-state index contributed by atoms with van der Waals surface area (Å²) in [6, 6.07) is 0. The number of hydrogen-bond acceptors (Lipinski definition) is 4. The first-order valence-corrected chi connectivity index (χ1v) is 5.77. The molecule has 1 unspecified atom stereocenters. The average Bonchev–Trinajstić information content (AvgIpc) is 2.14. The summed E-state index contributed by atoms with van der Waals surface area (Å²) in [5, 5.41) is 0. The van der Waals surface area contributed by atoms with Gasteiger partial charge in [-0.1, -0.05) is 20.8 Å². The molecule has 0 aromatic heterocycles.